The summed E-state index contributed by atoms with van der Waals surface area (Å²) < 4.78 is 12.1. The molecule has 172 valence electrons. The highest BCUT2D eigenvalue weighted by atomic mass is 32.2. The minimum atomic E-state index is -0.440. The molecule has 7 nitrogen and oxygen atoms in total. The van der Waals surface area contributed by atoms with Gasteiger partial charge in [0.25, 0.3) is 11.6 Å². The average molecular weight is 493 g/mol. The van der Waals surface area contributed by atoms with Crippen LogP contribution < -0.4 is 14.4 Å². The number of amides is 1. The number of benzene rings is 3. The Bertz CT molecular complexity index is 1260. The molecule has 3 aromatic rings. The Morgan fingerprint density at radius 3 is 2.44 bits per heavy atom. The van der Waals surface area contributed by atoms with Crippen LogP contribution in [-0.4, -0.2) is 21.8 Å². The molecular weight excluding hydrogens is 472 g/mol. The Hall–Kier alpha value is -3.69. The molecule has 1 fully saturated rings. The summed E-state index contributed by atoms with van der Waals surface area (Å²) in [5, 5.41) is 10.8. The molecule has 4 rings (SSSR count). The Morgan fingerprint density at radius 2 is 1.76 bits per heavy atom. The van der Waals surface area contributed by atoms with E-state index >= 15 is 0 Å². The Kier molecular flexibility index (Phi) is 7.24. The number of non-ortho nitro benzene ring substituents is 1. The van der Waals surface area contributed by atoms with E-state index in [9.17, 15) is 14.9 Å². The molecule has 0 N–H and O–H groups in total. The normalized spacial score (nSPS) is 14.5. The maximum atomic E-state index is 13.0. The first-order valence-corrected chi connectivity index (χ1v) is 11.6. The van der Waals surface area contributed by atoms with Crippen LogP contribution in [0.15, 0.2) is 77.7 Å². The van der Waals surface area contributed by atoms with E-state index in [0.717, 1.165) is 16.8 Å². The number of carbonyl (C=O) groups excluding carboxylic acids is 1. The lowest BCUT2D eigenvalue weighted by atomic mass is 10.1. The topological polar surface area (TPSA) is 81.9 Å². The smallest absolute Gasteiger partial charge is 0.270 e. The number of anilines is 1. The second kappa shape index (κ2) is 10.5. The van der Waals surface area contributed by atoms with Crippen molar-refractivity contribution in [3.8, 4) is 11.5 Å². The van der Waals surface area contributed by atoms with E-state index in [2.05, 4.69) is 0 Å². The van der Waals surface area contributed by atoms with Gasteiger partial charge in [0.1, 0.15) is 6.61 Å². The summed E-state index contributed by atoms with van der Waals surface area (Å²) in [6.45, 7) is 2.54. The molecule has 0 atom stereocenters. The molecule has 0 saturated carbocycles. The second-order valence-corrected chi connectivity index (χ2v) is 8.88. The summed E-state index contributed by atoms with van der Waals surface area (Å²) in [6, 6.07) is 20.9. The highest BCUT2D eigenvalue weighted by molar-refractivity contribution is 8.27. The first-order chi connectivity index (χ1) is 16.5. The summed E-state index contributed by atoms with van der Waals surface area (Å²) in [7, 11) is 0. The highest BCUT2D eigenvalue weighted by Gasteiger charge is 2.33. The molecule has 3 aromatic carbocycles. The summed E-state index contributed by atoms with van der Waals surface area (Å²) in [4.78, 5) is 25.4. The number of nitrogens with zero attached hydrogens (tertiary/aromatic N) is 2. The van der Waals surface area contributed by atoms with Crippen molar-refractivity contribution in [3.63, 3.8) is 0 Å². The molecule has 1 heterocycles. The summed E-state index contributed by atoms with van der Waals surface area (Å²) >= 11 is 6.68. The van der Waals surface area contributed by atoms with Gasteiger partial charge in [0.2, 0.25) is 0 Å². The monoisotopic (exact) mass is 492 g/mol. The number of nitro benzene ring substituents is 1. The van der Waals surface area contributed by atoms with Crippen LogP contribution >= 0.6 is 24.0 Å². The van der Waals surface area contributed by atoms with Crippen molar-refractivity contribution in [2.24, 2.45) is 0 Å². The van der Waals surface area contributed by atoms with Gasteiger partial charge >= 0.3 is 0 Å². The van der Waals surface area contributed by atoms with Crippen LogP contribution in [0.2, 0.25) is 0 Å². The summed E-state index contributed by atoms with van der Waals surface area (Å²) in [6.07, 6.45) is 1.78. The Morgan fingerprint density at radius 1 is 1.03 bits per heavy atom. The van der Waals surface area contributed by atoms with Gasteiger partial charge in [-0.25, -0.2) is 0 Å². The zero-order valence-electron chi connectivity index (χ0n) is 18.2. The lowest BCUT2D eigenvalue weighted by Gasteiger charge is -2.14. The predicted molar refractivity (Wildman–Crippen MR) is 137 cm³/mol. The number of para-hydroxylation sites is 1. The summed E-state index contributed by atoms with van der Waals surface area (Å²) in [5.74, 6) is 0.906. The van der Waals surface area contributed by atoms with Crippen molar-refractivity contribution < 1.29 is 19.2 Å². The van der Waals surface area contributed by atoms with Crippen molar-refractivity contribution >= 4 is 51.7 Å². The third-order valence-corrected chi connectivity index (χ3v) is 6.22. The third-order valence-electron chi connectivity index (χ3n) is 4.91. The zero-order chi connectivity index (χ0) is 24.1. The number of rotatable bonds is 8. The van der Waals surface area contributed by atoms with Crippen LogP contribution in [0.5, 0.6) is 11.5 Å². The predicted octanol–water partition coefficient (Wildman–Crippen LogP) is 5.98. The fourth-order valence-corrected chi connectivity index (χ4v) is 4.59. The first kappa shape index (κ1) is 23.5. The lowest BCUT2D eigenvalue weighted by molar-refractivity contribution is -0.384. The second-order valence-electron chi connectivity index (χ2n) is 7.20. The van der Waals surface area contributed by atoms with E-state index in [1.807, 2.05) is 49.4 Å². The van der Waals surface area contributed by atoms with Crippen LogP contribution in [-0.2, 0) is 11.4 Å². The molecule has 0 aliphatic carbocycles. The van der Waals surface area contributed by atoms with Gasteiger partial charge in [-0.05, 0) is 60.5 Å². The quantitative estimate of drug-likeness (QED) is 0.166. The van der Waals surface area contributed by atoms with Crippen molar-refractivity contribution in [2.75, 3.05) is 11.5 Å². The molecule has 34 heavy (non-hydrogen) atoms. The maximum absolute atomic E-state index is 13.0. The van der Waals surface area contributed by atoms with Gasteiger partial charge in [0.05, 0.1) is 22.1 Å². The molecular formula is C25H20N2O5S2. The Balaban J connectivity index is 1.52. The summed E-state index contributed by atoms with van der Waals surface area (Å²) in [5.41, 5.74) is 2.33. The molecule has 0 spiro atoms. The molecule has 9 heteroatoms. The minimum Gasteiger partial charge on any atom is -0.490 e. The van der Waals surface area contributed by atoms with Gasteiger partial charge in [-0.3, -0.25) is 19.8 Å². The lowest BCUT2D eigenvalue weighted by Crippen LogP contribution is -2.27. The van der Waals surface area contributed by atoms with Gasteiger partial charge in [0.15, 0.2) is 15.8 Å². The average Bonchev–Trinajstić information content (AvgIpc) is 3.12. The number of hydrogen-bond donors (Lipinski definition) is 0. The number of thiocarbonyl (C=S) groups is 1. The number of ether oxygens (including phenoxy) is 2. The van der Waals surface area contributed by atoms with Gasteiger partial charge in [-0.1, -0.05) is 48.2 Å². The largest absolute Gasteiger partial charge is 0.490 e. The van der Waals surface area contributed by atoms with Crippen LogP contribution in [0.4, 0.5) is 11.4 Å². The molecule has 0 radical (unpaired) electrons. The zero-order valence-corrected chi connectivity index (χ0v) is 19.8. The van der Waals surface area contributed by atoms with Crippen LogP contribution in [0.3, 0.4) is 0 Å². The van der Waals surface area contributed by atoms with Crippen molar-refractivity contribution in [3.05, 3.63) is 98.9 Å². The van der Waals surface area contributed by atoms with Crippen LogP contribution in [0.1, 0.15) is 18.1 Å². The molecule has 0 bridgehead atoms. The van der Waals surface area contributed by atoms with E-state index in [-0.39, 0.29) is 18.2 Å². The standard InChI is InChI=1S/C25H20N2O5S2/c1-2-31-22-14-18(10-13-21(22)32-16-17-8-11-20(12-9-17)27(29)30)15-23-24(28)26(25(33)34-23)19-6-4-3-5-7-19/h3-15H,2,16H2,1H3/b23-15+. The SMILES string of the molecule is CCOc1cc(/C=C2/SC(=S)N(c3ccccc3)C2=O)ccc1OCc1ccc([N+](=O)[O-])cc1. The fraction of sp³-hybridized carbons (Fsp3) is 0.120. The molecule has 1 aliphatic rings. The maximum Gasteiger partial charge on any atom is 0.270 e. The van der Waals surface area contributed by atoms with Gasteiger partial charge in [-0.15, -0.1) is 0 Å². The van der Waals surface area contributed by atoms with Crippen LogP contribution in [0, 0.1) is 10.1 Å². The Labute approximate surface area is 206 Å². The highest BCUT2D eigenvalue weighted by Crippen LogP contribution is 2.37. The van der Waals surface area contributed by atoms with Gasteiger partial charge in [-0.2, -0.15) is 0 Å². The van der Waals surface area contributed by atoms with E-state index in [0.29, 0.717) is 27.3 Å². The third kappa shape index (κ3) is 5.27. The molecule has 1 saturated heterocycles. The van der Waals surface area contributed by atoms with E-state index < -0.39 is 4.92 Å². The minimum absolute atomic E-state index is 0.0285. The molecule has 0 unspecified atom stereocenters. The fourth-order valence-electron chi connectivity index (χ4n) is 3.30. The first-order valence-electron chi connectivity index (χ1n) is 10.4. The number of thioether (sulfide) groups is 1. The van der Waals surface area contributed by atoms with E-state index in [1.54, 1.807) is 24.3 Å². The van der Waals surface area contributed by atoms with Crippen LogP contribution in [0.25, 0.3) is 6.08 Å². The molecule has 0 aromatic heterocycles. The van der Waals surface area contributed by atoms with Gasteiger partial charge in [0, 0.05) is 12.1 Å². The number of carbonyl (C=O) groups is 1. The van der Waals surface area contributed by atoms with Crippen molar-refractivity contribution in [1.29, 1.82) is 0 Å². The molecule has 1 aliphatic heterocycles. The van der Waals surface area contributed by atoms with Gasteiger partial charge < -0.3 is 9.47 Å². The number of nitro groups is 1. The number of hydrogen-bond acceptors (Lipinski definition) is 7. The van der Waals surface area contributed by atoms with E-state index in [1.165, 1.54) is 28.8 Å². The van der Waals surface area contributed by atoms with Crippen molar-refractivity contribution in [1.82, 2.24) is 0 Å². The van der Waals surface area contributed by atoms with E-state index in [4.69, 9.17) is 21.7 Å². The van der Waals surface area contributed by atoms with Crippen molar-refractivity contribution in [2.45, 2.75) is 13.5 Å². The molecule has 1 amide bonds.